The molecule has 2 heterocycles. The summed E-state index contributed by atoms with van der Waals surface area (Å²) in [7, 11) is 4.29. The number of H-pyrrole nitrogens is 1. The van der Waals surface area contributed by atoms with E-state index in [1.54, 1.807) is 36.4 Å². The van der Waals surface area contributed by atoms with Crippen LogP contribution in [0.5, 0.6) is 17.2 Å². The van der Waals surface area contributed by atoms with E-state index >= 15 is 0 Å². The molecule has 1 fully saturated rings. The number of aromatic amines is 1. The van der Waals surface area contributed by atoms with Crippen LogP contribution < -0.4 is 19.1 Å². The molecule has 5 rings (SSSR count). The molecule has 0 radical (unpaired) electrons. The Morgan fingerprint density at radius 2 is 1.66 bits per heavy atom. The molecule has 11 heteroatoms. The van der Waals surface area contributed by atoms with Gasteiger partial charge in [0.1, 0.15) is 23.0 Å². The van der Waals surface area contributed by atoms with Crippen LogP contribution >= 0.6 is 0 Å². The highest BCUT2D eigenvalue weighted by Gasteiger charge is 2.48. The van der Waals surface area contributed by atoms with E-state index in [9.17, 15) is 23.5 Å². The summed E-state index contributed by atoms with van der Waals surface area (Å²) in [5.41, 5.74) is 0.420. The van der Waals surface area contributed by atoms with Crippen molar-refractivity contribution >= 4 is 34.4 Å². The van der Waals surface area contributed by atoms with Gasteiger partial charge in [0.2, 0.25) is 5.95 Å². The first-order valence-electron chi connectivity index (χ1n) is 11.3. The van der Waals surface area contributed by atoms with Gasteiger partial charge in [-0.2, -0.15) is 0 Å². The molecule has 0 saturated carbocycles. The van der Waals surface area contributed by atoms with Crippen molar-refractivity contribution in [1.82, 2.24) is 9.97 Å². The highest BCUT2D eigenvalue weighted by molar-refractivity contribution is 6.51. The van der Waals surface area contributed by atoms with E-state index in [1.165, 1.54) is 27.4 Å². The number of aliphatic hydroxyl groups excluding tert-OH is 1. The average molecular weight is 521 g/mol. The smallest absolute Gasteiger partial charge is 0.302 e. The topological polar surface area (TPSA) is 114 Å². The predicted octanol–water partition coefficient (Wildman–Crippen LogP) is 4.49. The van der Waals surface area contributed by atoms with Crippen LogP contribution in [0.25, 0.3) is 16.8 Å². The number of fused-ring (bicyclic) bond motifs is 1. The van der Waals surface area contributed by atoms with Gasteiger partial charge in [0.05, 0.1) is 49.5 Å². The van der Waals surface area contributed by atoms with Crippen LogP contribution in [-0.4, -0.2) is 48.1 Å². The van der Waals surface area contributed by atoms with Crippen molar-refractivity contribution in [3.8, 4) is 17.2 Å². The van der Waals surface area contributed by atoms with E-state index in [0.29, 0.717) is 17.1 Å². The zero-order valence-corrected chi connectivity index (χ0v) is 20.4. The number of amides is 1. The molecule has 1 amide bonds. The van der Waals surface area contributed by atoms with Crippen LogP contribution in [0.1, 0.15) is 17.2 Å². The number of ketones is 1. The van der Waals surface area contributed by atoms with Gasteiger partial charge in [-0.15, -0.1) is 0 Å². The van der Waals surface area contributed by atoms with Crippen molar-refractivity contribution in [1.29, 1.82) is 0 Å². The monoisotopic (exact) mass is 521 g/mol. The van der Waals surface area contributed by atoms with Gasteiger partial charge >= 0.3 is 5.91 Å². The number of carbonyl (C=O) groups excluding carboxylic acids is 2. The lowest BCUT2D eigenvalue weighted by atomic mass is 9.95. The average Bonchev–Trinajstić information content (AvgIpc) is 3.45. The Kier molecular flexibility index (Phi) is 6.19. The molecule has 0 bridgehead atoms. The highest BCUT2D eigenvalue weighted by Crippen LogP contribution is 2.44. The maximum atomic E-state index is 13.9. The number of aliphatic hydroxyl groups is 1. The molecule has 9 nitrogen and oxygen atoms in total. The fraction of sp³-hybridized carbons (Fsp3) is 0.148. The fourth-order valence-corrected chi connectivity index (χ4v) is 4.43. The lowest BCUT2D eigenvalue weighted by Gasteiger charge is -2.23. The molecule has 3 aromatic carbocycles. The van der Waals surface area contributed by atoms with Gasteiger partial charge in [0.15, 0.2) is 11.6 Å². The van der Waals surface area contributed by atoms with Crippen LogP contribution in [0.3, 0.4) is 0 Å². The number of imidazole rings is 1. The lowest BCUT2D eigenvalue weighted by molar-refractivity contribution is -0.132. The van der Waals surface area contributed by atoms with Gasteiger partial charge in [-0.1, -0.05) is 12.1 Å². The first-order valence-corrected chi connectivity index (χ1v) is 11.3. The van der Waals surface area contributed by atoms with E-state index in [-0.39, 0.29) is 33.9 Å². The molecule has 1 atom stereocenters. The summed E-state index contributed by atoms with van der Waals surface area (Å²) in [6, 6.07) is 11.8. The number of carbonyl (C=O) groups is 2. The largest absolute Gasteiger partial charge is 0.507 e. The summed E-state index contributed by atoms with van der Waals surface area (Å²) in [6.07, 6.45) is 0. The second-order valence-corrected chi connectivity index (χ2v) is 8.36. The summed E-state index contributed by atoms with van der Waals surface area (Å²) in [5.74, 6) is -3.86. The lowest BCUT2D eigenvalue weighted by Crippen LogP contribution is -2.30. The number of rotatable bonds is 6. The van der Waals surface area contributed by atoms with E-state index in [0.717, 1.165) is 17.0 Å². The highest BCUT2D eigenvalue weighted by atomic mass is 19.2. The molecule has 1 unspecified atom stereocenters. The number of benzene rings is 3. The van der Waals surface area contributed by atoms with Crippen molar-refractivity contribution in [3.05, 3.63) is 82.9 Å². The molecular weight excluding hydrogens is 500 g/mol. The van der Waals surface area contributed by atoms with Crippen molar-refractivity contribution in [2.24, 2.45) is 0 Å². The summed E-state index contributed by atoms with van der Waals surface area (Å²) in [5, 5.41) is 11.5. The Morgan fingerprint density at radius 3 is 2.37 bits per heavy atom. The van der Waals surface area contributed by atoms with Crippen molar-refractivity contribution in [2.75, 3.05) is 26.2 Å². The number of hydrogen-bond acceptors (Lipinski definition) is 7. The molecule has 38 heavy (non-hydrogen) atoms. The Hall–Kier alpha value is -4.93. The summed E-state index contributed by atoms with van der Waals surface area (Å²) in [6.45, 7) is 0. The number of aromatic nitrogens is 2. The number of nitrogens with one attached hydrogen (secondary N) is 1. The van der Waals surface area contributed by atoms with Crippen LogP contribution in [-0.2, 0) is 9.59 Å². The second kappa shape index (κ2) is 9.51. The second-order valence-electron chi connectivity index (χ2n) is 8.36. The number of halogens is 2. The quantitative estimate of drug-likeness (QED) is 0.218. The fourth-order valence-electron chi connectivity index (χ4n) is 4.43. The molecular formula is C27H21F2N3O6. The zero-order chi connectivity index (χ0) is 27.1. The minimum Gasteiger partial charge on any atom is -0.507 e. The van der Waals surface area contributed by atoms with Crippen molar-refractivity contribution in [2.45, 2.75) is 6.04 Å². The summed E-state index contributed by atoms with van der Waals surface area (Å²) in [4.78, 5) is 34.9. The number of hydrogen-bond donors (Lipinski definition) is 2. The van der Waals surface area contributed by atoms with Gasteiger partial charge in [0, 0.05) is 12.1 Å². The third-order valence-corrected chi connectivity index (χ3v) is 6.26. The zero-order valence-electron chi connectivity index (χ0n) is 20.4. The minimum absolute atomic E-state index is 0.0413. The number of Topliss-reactive ketones (excluding diaryl/α,β-unsaturated/α-hetero) is 1. The number of methoxy groups -OCH3 is 3. The van der Waals surface area contributed by atoms with E-state index in [2.05, 4.69) is 9.97 Å². The maximum absolute atomic E-state index is 13.9. The number of ether oxygens (including phenoxy) is 3. The van der Waals surface area contributed by atoms with E-state index in [1.807, 2.05) is 0 Å². The minimum atomic E-state index is -1.18. The van der Waals surface area contributed by atoms with Crippen molar-refractivity contribution < 1.29 is 37.7 Å². The molecule has 4 aromatic rings. The normalized spacial score (nSPS) is 16.8. The Bertz CT molecular complexity index is 1590. The molecule has 1 aromatic heterocycles. The number of anilines is 1. The Balaban J connectivity index is 1.77. The molecule has 194 valence electrons. The third kappa shape index (κ3) is 3.97. The molecule has 1 aliphatic rings. The van der Waals surface area contributed by atoms with E-state index < -0.39 is 35.1 Å². The third-order valence-electron chi connectivity index (χ3n) is 6.26. The Labute approximate surface area is 214 Å². The number of nitrogens with zero attached hydrogens (tertiary/aromatic N) is 2. The standard InChI is InChI=1S/C27H21F2N3O6/c1-36-14-6-4-5-13(9-14)23-22(24(33)16-10-15(37-2)7-8-21(16)38-3)25(34)26(35)32(23)27-30-19-11-17(28)18(29)12-20(19)31-27/h4-12,23,33H,1-3H3,(H,30,31)/b24-22+. The van der Waals surface area contributed by atoms with Crippen molar-refractivity contribution in [3.63, 3.8) is 0 Å². The SMILES string of the molecule is COc1cccc(C2/C(=C(\O)c3cc(OC)ccc3OC)C(=O)C(=O)N2c2nc3cc(F)c(F)cc3[nH]2)c1. The molecule has 0 spiro atoms. The molecule has 1 aliphatic heterocycles. The maximum Gasteiger partial charge on any atom is 0.302 e. The van der Waals surface area contributed by atoms with Crippen LogP contribution in [0.4, 0.5) is 14.7 Å². The molecule has 1 saturated heterocycles. The first-order chi connectivity index (χ1) is 18.3. The van der Waals surface area contributed by atoms with Crippen LogP contribution in [0, 0.1) is 11.6 Å². The molecule has 2 N–H and O–H groups in total. The van der Waals surface area contributed by atoms with Gasteiger partial charge in [-0.3, -0.25) is 14.5 Å². The van der Waals surface area contributed by atoms with Gasteiger partial charge < -0.3 is 24.3 Å². The molecule has 0 aliphatic carbocycles. The van der Waals surface area contributed by atoms with Crippen LogP contribution in [0.2, 0.25) is 0 Å². The van der Waals surface area contributed by atoms with Gasteiger partial charge in [-0.05, 0) is 35.9 Å². The summed E-state index contributed by atoms with van der Waals surface area (Å²) < 4.78 is 43.6. The Morgan fingerprint density at radius 1 is 0.947 bits per heavy atom. The van der Waals surface area contributed by atoms with Gasteiger partial charge in [-0.25, -0.2) is 13.8 Å². The van der Waals surface area contributed by atoms with Gasteiger partial charge in [0.25, 0.3) is 5.78 Å². The summed E-state index contributed by atoms with van der Waals surface area (Å²) >= 11 is 0. The van der Waals surface area contributed by atoms with Crippen LogP contribution in [0.15, 0.2) is 60.2 Å². The predicted molar refractivity (Wildman–Crippen MR) is 133 cm³/mol. The first kappa shape index (κ1) is 24.8. The van der Waals surface area contributed by atoms with E-state index in [4.69, 9.17) is 14.2 Å².